The normalized spacial score (nSPS) is 22.6. The average molecular weight is 218 g/mol. The molecule has 1 fully saturated rings. The van der Waals surface area contributed by atoms with Crippen molar-refractivity contribution in [3.8, 4) is 0 Å². The quantitative estimate of drug-likeness (QED) is 0.837. The zero-order chi connectivity index (χ0) is 11.5. The standard InChI is InChI=1S/C14H22N2/c1-11-5-4-6-12(9-11)14(16(2)3)13-7-8-15-10-13/h4-6,9,13-15H,7-8,10H2,1-3H3. The van der Waals surface area contributed by atoms with E-state index in [1.807, 2.05) is 0 Å². The van der Waals surface area contributed by atoms with Crippen LogP contribution in [0.5, 0.6) is 0 Å². The highest BCUT2D eigenvalue weighted by Crippen LogP contribution is 2.31. The molecule has 0 amide bonds. The molecule has 0 saturated carbocycles. The Kier molecular flexibility index (Phi) is 3.62. The molecule has 2 unspecified atom stereocenters. The Bertz CT molecular complexity index is 340. The van der Waals surface area contributed by atoms with E-state index in [4.69, 9.17) is 0 Å². The van der Waals surface area contributed by atoms with Crippen LogP contribution in [0.15, 0.2) is 24.3 Å². The van der Waals surface area contributed by atoms with Gasteiger partial charge >= 0.3 is 0 Å². The lowest BCUT2D eigenvalue weighted by Crippen LogP contribution is -2.28. The molecular formula is C14H22N2. The number of nitrogens with zero attached hydrogens (tertiary/aromatic N) is 1. The van der Waals surface area contributed by atoms with E-state index in [0.717, 1.165) is 12.5 Å². The fourth-order valence-electron chi connectivity index (χ4n) is 2.79. The van der Waals surface area contributed by atoms with Gasteiger partial charge in [-0.2, -0.15) is 0 Å². The van der Waals surface area contributed by atoms with Crippen LogP contribution in [0, 0.1) is 12.8 Å². The molecule has 0 aromatic heterocycles. The molecule has 1 aliphatic heterocycles. The molecule has 2 rings (SSSR count). The van der Waals surface area contributed by atoms with Gasteiger partial charge in [0.25, 0.3) is 0 Å². The maximum Gasteiger partial charge on any atom is 0.0382 e. The maximum atomic E-state index is 3.47. The Morgan fingerprint density at radius 2 is 2.19 bits per heavy atom. The molecular weight excluding hydrogens is 196 g/mol. The van der Waals surface area contributed by atoms with Gasteiger partial charge in [0, 0.05) is 6.04 Å². The molecule has 1 N–H and O–H groups in total. The molecule has 16 heavy (non-hydrogen) atoms. The fourth-order valence-corrected chi connectivity index (χ4v) is 2.79. The number of nitrogens with one attached hydrogen (secondary N) is 1. The summed E-state index contributed by atoms with van der Waals surface area (Å²) in [4.78, 5) is 2.35. The Balaban J connectivity index is 2.24. The van der Waals surface area contributed by atoms with E-state index in [0.29, 0.717) is 6.04 Å². The molecule has 1 saturated heterocycles. The van der Waals surface area contributed by atoms with Crippen LogP contribution < -0.4 is 5.32 Å². The molecule has 0 spiro atoms. The average Bonchev–Trinajstić information content (AvgIpc) is 2.71. The highest BCUT2D eigenvalue weighted by molar-refractivity contribution is 5.26. The third-order valence-corrected chi connectivity index (χ3v) is 3.48. The number of benzene rings is 1. The second-order valence-corrected chi connectivity index (χ2v) is 5.08. The molecule has 2 atom stereocenters. The molecule has 2 heteroatoms. The second-order valence-electron chi connectivity index (χ2n) is 5.08. The van der Waals surface area contributed by atoms with Crippen molar-refractivity contribution in [2.75, 3.05) is 27.2 Å². The molecule has 0 aliphatic carbocycles. The maximum absolute atomic E-state index is 3.47. The van der Waals surface area contributed by atoms with Crippen molar-refractivity contribution in [2.24, 2.45) is 5.92 Å². The first-order valence-corrected chi connectivity index (χ1v) is 6.12. The van der Waals surface area contributed by atoms with Gasteiger partial charge in [-0.25, -0.2) is 0 Å². The minimum absolute atomic E-state index is 0.551. The van der Waals surface area contributed by atoms with Gasteiger partial charge < -0.3 is 10.2 Å². The summed E-state index contributed by atoms with van der Waals surface area (Å²) in [5.41, 5.74) is 2.81. The molecule has 1 heterocycles. The first-order chi connectivity index (χ1) is 7.68. The van der Waals surface area contributed by atoms with Crippen molar-refractivity contribution in [3.05, 3.63) is 35.4 Å². The Morgan fingerprint density at radius 3 is 2.75 bits per heavy atom. The number of aryl methyl sites for hydroxylation is 1. The van der Waals surface area contributed by atoms with Gasteiger partial charge in [-0.3, -0.25) is 0 Å². The van der Waals surface area contributed by atoms with E-state index in [2.05, 4.69) is 55.5 Å². The smallest absolute Gasteiger partial charge is 0.0382 e. The van der Waals surface area contributed by atoms with E-state index in [1.165, 1.54) is 24.1 Å². The summed E-state index contributed by atoms with van der Waals surface area (Å²) < 4.78 is 0. The summed E-state index contributed by atoms with van der Waals surface area (Å²) in [5, 5.41) is 3.47. The highest BCUT2D eigenvalue weighted by Gasteiger charge is 2.27. The number of hydrogen-bond acceptors (Lipinski definition) is 2. The third-order valence-electron chi connectivity index (χ3n) is 3.48. The largest absolute Gasteiger partial charge is 0.316 e. The Hall–Kier alpha value is -0.860. The number of rotatable bonds is 3. The van der Waals surface area contributed by atoms with Gasteiger partial charge in [-0.05, 0) is 52.0 Å². The van der Waals surface area contributed by atoms with Crippen molar-refractivity contribution >= 4 is 0 Å². The summed E-state index contributed by atoms with van der Waals surface area (Å²) in [6.45, 7) is 4.49. The van der Waals surface area contributed by atoms with Crippen LogP contribution >= 0.6 is 0 Å². The van der Waals surface area contributed by atoms with Gasteiger partial charge in [0.1, 0.15) is 0 Å². The van der Waals surface area contributed by atoms with Crippen LogP contribution in [0.25, 0.3) is 0 Å². The van der Waals surface area contributed by atoms with E-state index in [1.54, 1.807) is 0 Å². The zero-order valence-corrected chi connectivity index (χ0v) is 10.5. The first kappa shape index (κ1) is 11.6. The molecule has 2 nitrogen and oxygen atoms in total. The summed E-state index contributed by atoms with van der Waals surface area (Å²) in [7, 11) is 4.37. The van der Waals surface area contributed by atoms with E-state index in [9.17, 15) is 0 Å². The predicted molar refractivity (Wildman–Crippen MR) is 68.6 cm³/mol. The van der Waals surface area contributed by atoms with Gasteiger partial charge in [-0.15, -0.1) is 0 Å². The third kappa shape index (κ3) is 2.45. The van der Waals surface area contributed by atoms with Crippen LogP contribution in [0.1, 0.15) is 23.6 Å². The monoisotopic (exact) mass is 218 g/mol. The van der Waals surface area contributed by atoms with Gasteiger partial charge in [0.05, 0.1) is 0 Å². The van der Waals surface area contributed by atoms with Crippen LogP contribution in [0.3, 0.4) is 0 Å². The lowest BCUT2D eigenvalue weighted by molar-refractivity contribution is 0.223. The predicted octanol–water partition coefficient (Wildman–Crippen LogP) is 2.21. The molecule has 88 valence electrons. The molecule has 1 aromatic rings. The molecule has 1 aliphatic rings. The van der Waals surface area contributed by atoms with E-state index in [-0.39, 0.29) is 0 Å². The Labute approximate surface area is 98.7 Å². The van der Waals surface area contributed by atoms with Crippen molar-refractivity contribution in [3.63, 3.8) is 0 Å². The van der Waals surface area contributed by atoms with Crippen molar-refractivity contribution in [1.29, 1.82) is 0 Å². The van der Waals surface area contributed by atoms with Gasteiger partial charge in [0.2, 0.25) is 0 Å². The SMILES string of the molecule is Cc1cccc(C(C2CCNC2)N(C)C)c1. The van der Waals surface area contributed by atoms with Crippen molar-refractivity contribution in [2.45, 2.75) is 19.4 Å². The minimum Gasteiger partial charge on any atom is -0.316 e. The summed E-state index contributed by atoms with van der Waals surface area (Å²) >= 11 is 0. The van der Waals surface area contributed by atoms with Crippen molar-refractivity contribution < 1.29 is 0 Å². The lowest BCUT2D eigenvalue weighted by Gasteiger charge is -2.30. The van der Waals surface area contributed by atoms with Gasteiger partial charge in [0.15, 0.2) is 0 Å². The second kappa shape index (κ2) is 4.98. The minimum atomic E-state index is 0.551. The zero-order valence-electron chi connectivity index (χ0n) is 10.5. The van der Waals surface area contributed by atoms with Gasteiger partial charge in [-0.1, -0.05) is 29.8 Å². The van der Waals surface area contributed by atoms with E-state index < -0.39 is 0 Å². The van der Waals surface area contributed by atoms with Crippen LogP contribution in [-0.4, -0.2) is 32.1 Å². The fraction of sp³-hybridized carbons (Fsp3) is 0.571. The lowest BCUT2D eigenvalue weighted by atomic mass is 9.90. The highest BCUT2D eigenvalue weighted by atomic mass is 15.1. The first-order valence-electron chi connectivity index (χ1n) is 6.12. The van der Waals surface area contributed by atoms with Crippen molar-refractivity contribution in [1.82, 2.24) is 10.2 Å². The van der Waals surface area contributed by atoms with Crippen LogP contribution in [0.2, 0.25) is 0 Å². The Morgan fingerprint density at radius 1 is 1.38 bits per heavy atom. The van der Waals surface area contributed by atoms with Crippen LogP contribution in [0.4, 0.5) is 0 Å². The van der Waals surface area contributed by atoms with Crippen LogP contribution in [-0.2, 0) is 0 Å². The van der Waals surface area contributed by atoms with E-state index >= 15 is 0 Å². The molecule has 0 bridgehead atoms. The molecule has 0 radical (unpaired) electrons. The number of hydrogen-bond donors (Lipinski definition) is 1. The summed E-state index contributed by atoms with van der Waals surface area (Å²) in [6.07, 6.45) is 1.29. The molecule has 1 aromatic carbocycles. The topological polar surface area (TPSA) is 15.3 Å². The summed E-state index contributed by atoms with van der Waals surface area (Å²) in [6, 6.07) is 9.47. The summed E-state index contributed by atoms with van der Waals surface area (Å²) in [5.74, 6) is 0.747.